The number of piperazine rings is 1. The molecule has 2 aliphatic heterocycles. The van der Waals surface area contributed by atoms with Crippen molar-refractivity contribution in [2.45, 2.75) is 32.6 Å². The molecule has 1 aromatic carbocycles. The number of halogens is 2. The van der Waals surface area contributed by atoms with Crippen molar-refractivity contribution >= 4 is 29.0 Å². The lowest BCUT2D eigenvalue weighted by atomic mass is 10.1. The smallest absolute Gasteiger partial charge is 0.268 e. The summed E-state index contributed by atoms with van der Waals surface area (Å²) in [6.07, 6.45) is 0.683. The largest absolute Gasteiger partial charge is 0.372 e. The first-order valence-corrected chi connectivity index (χ1v) is 13.0. The maximum absolute atomic E-state index is 13.6. The Balaban J connectivity index is 1.41. The molecule has 0 unspecified atom stereocenters. The second-order valence-electron chi connectivity index (χ2n) is 9.48. The molecule has 9 nitrogen and oxygen atoms in total. The predicted molar refractivity (Wildman–Crippen MR) is 141 cm³/mol. The molecule has 1 aromatic heterocycles. The Morgan fingerprint density at radius 2 is 1.97 bits per heavy atom. The molecule has 0 bridgehead atoms. The minimum absolute atomic E-state index is 0.0374. The van der Waals surface area contributed by atoms with E-state index < -0.39 is 6.43 Å². The van der Waals surface area contributed by atoms with Crippen molar-refractivity contribution in [3.63, 3.8) is 0 Å². The highest BCUT2D eigenvalue weighted by molar-refractivity contribution is 5.77. The number of alkyl halides is 2. The van der Waals surface area contributed by atoms with Gasteiger partial charge in [-0.05, 0) is 50.1 Å². The summed E-state index contributed by atoms with van der Waals surface area (Å²) < 4.78 is 32.5. The van der Waals surface area contributed by atoms with Crippen LogP contribution in [0.2, 0.25) is 0 Å². The Labute approximate surface area is 217 Å². The quantitative estimate of drug-likeness (QED) is 0.463. The zero-order valence-electron chi connectivity index (χ0n) is 21.7. The Morgan fingerprint density at radius 1 is 1.16 bits per heavy atom. The Hall–Kier alpha value is -3.05. The molecule has 1 amide bonds. The molecule has 0 saturated carbocycles. The molecule has 2 fully saturated rings. The van der Waals surface area contributed by atoms with Crippen LogP contribution >= 0.6 is 0 Å². The van der Waals surface area contributed by atoms with Crippen LogP contribution < -0.4 is 15.5 Å². The van der Waals surface area contributed by atoms with Gasteiger partial charge >= 0.3 is 0 Å². The van der Waals surface area contributed by atoms with Crippen LogP contribution in [0.25, 0.3) is 0 Å². The van der Waals surface area contributed by atoms with Gasteiger partial charge in [0.05, 0.1) is 5.56 Å². The molecule has 0 radical (unpaired) electrons. The van der Waals surface area contributed by atoms with Crippen molar-refractivity contribution in [2.75, 3.05) is 81.6 Å². The third-order valence-corrected chi connectivity index (χ3v) is 6.83. The van der Waals surface area contributed by atoms with Crippen LogP contribution in [0.3, 0.4) is 0 Å². The topological polar surface area (TPSA) is 85.9 Å². The van der Waals surface area contributed by atoms with E-state index in [1.54, 1.807) is 4.90 Å². The number of anilines is 4. The van der Waals surface area contributed by atoms with E-state index in [9.17, 15) is 13.6 Å². The molecule has 2 N–H and O–H groups in total. The maximum atomic E-state index is 13.6. The summed E-state index contributed by atoms with van der Waals surface area (Å²) in [6.45, 7) is 8.38. The Morgan fingerprint density at radius 3 is 2.73 bits per heavy atom. The van der Waals surface area contributed by atoms with E-state index in [1.807, 2.05) is 6.07 Å². The van der Waals surface area contributed by atoms with Gasteiger partial charge in [-0.3, -0.25) is 4.79 Å². The molecule has 2 aromatic rings. The van der Waals surface area contributed by atoms with Crippen LogP contribution in [0, 0.1) is 0 Å². The fourth-order valence-electron chi connectivity index (χ4n) is 4.58. The molecular formula is C26H37F2N7O2. The molecule has 202 valence electrons. The van der Waals surface area contributed by atoms with Gasteiger partial charge in [-0.2, -0.15) is 4.98 Å². The second-order valence-corrected chi connectivity index (χ2v) is 9.48. The first-order chi connectivity index (χ1) is 17.9. The summed E-state index contributed by atoms with van der Waals surface area (Å²) in [5, 5.41) is 6.25. The number of hydrogen-bond acceptors (Lipinski definition) is 8. The van der Waals surface area contributed by atoms with Gasteiger partial charge in [0.15, 0.2) is 0 Å². The molecule has 0 atom stereocenters. The van der Waals surface area contributed by atoms with Crippen LogP contribution in [0.4, 0.5) is 31.9 Å². The van der Waals surface area contributed by atoms with Gasteiger partial charge in [-0.15, -0.1) is 0 Å². The number of benzene rings is 1. The van der Waals surface area contributed by atoms with E-state index in [4.69, 9.17) is 4.74 Å². The van der Waals surface area contributed by atoms with Gasteiger partial charge in [0.25, 0.3) is 6.43 Å². The van der Waals surface area contributed by atoms with Gasteiger partial charge in [0, 0.05) is 70.0 Å². The van der Waals surface area contributed by atoms with Crippen molar-refractivity contribution in [3.05, 3.63) is 35.5 Å². The number of aromatic nitrogens is 2. The zero-order chi connectivity index (χ0) is 26.2. The Bertz CT molecular complexity index is 1050. The summed E-state index contributed by atoms with van der Waals surface area (Å²) in [5.41, 5.74) is 2.91. The van der Waals surface area contributed by atoms with E-state index in [1.165, 1.54) is 11.9 Å². The number of ether oxygens (including phenoxy) is 1. The highest BCUT2D eigenvalue weighted by Gasteiger charge is 2.19. The number of aryl methyl sites for hydroxylation is 1. The first-order valence-electron chi connectivity index (χ1n) is 13.0. The Kier molecular flexibility index (Phi) is 9.45. The molecule has 37 heavy (non-hydrogen) atoms. The summed E-state index contributed by atoms with van der Waals surface area (Å²) in [7, 11) is 2.14. The van der Waals surface area contributed by atoms with Gasteiger partial charge in [0.1, 0.15) is 12.4 Å². The number of likely N-dealkylation sites (N-methyl/N-ethyl adjacent to an activating group) is 1. The fraction of sp³-hybridized carbons (Fsp3) is 0.577. The van der Waals surface area contributed by atoms with E-state index in [0.717, 1.165) is 50.3 Å². The highest BCUT2D eigenvalue weighted by Crippen LogP contribution is 2.29. The van der Waals surface area contributed by atoms with Crippen molar-refractivity contribution in [3.8, 4) is 0 Å². The van der Waals surface area contributed by atoms with Crippen molar-refractivity contribution < 1.29 is 18.3 Å². The van der Waals surface area contributed by atoms with E-state index >= 15 is 0 Å². The second kappa shape index (κ2) is 13.0. The molecule has 2 aliphatic rings. The summed E-state index contributed by atoms with van der Waals surface area (Å²) in [6, 6.07) is 6.26. The number of rotatable bonds is 10. The number of nitrogens with one attached hydrogen (secondary N) is 2. The number of nitrogens with zero attached hydrogens (tertiary/aromatic N) is 5. The van der Waals surface area contributed by atoms with Crippen molar-refractivity contribution in [1.82, 2.24) is 19.8 Å². The van der Waals surface area contributed by atoms with E-state index in [0.29, 0.717) is 32.7 Å². The SMILES string of the molecule is CCc1cc(N2CCN(C)CC2)ccc1Nc1ncc(C(F)F)c(NCCCN2CCCOCC2=O)n1. The molecule has 11 heteroatoms. The lowest BCUT2D eigenvalue weighted by Crippen LogP contribution is -2.44. The molecule has 0 spiro atoms. The number of amides is 1. The third kappa shape index (κ3) is 7.26. The zero-order valence-corrected chi connectivity index (χ0v) is 21.7. The molecule has 4 rings (SSSR count). The minimum Gasteiger partial charge on any atom is -0.372 e. The molecular weight excluding hydrogens is 480 g/mol. The third-order valence-electron chi connectivity index (χ3n) is 6.83. The number of carbonyl (C=O) groups is 1. The van der Waals surface area contributed by atoms with Crippen LogP contribution in [0.5, 0.6) is 0 Å². The monoisotopic (exact) mass is 517 g/mol. The summed E-state index contributed by atoms with van der Waals surface area (Å²) in [4.78, 5) is 27.0. The lowest BCUT2D eigenvalue weighted by Gasteiger charge is -2.34. The normalized spacial score (nSPS) is 17.3. The standard InChI is InChI=1S/C26H37F2N7O2/c1-3-19-16-20(34-13-11-33(2)12-14-34)6-7-22(19)31-26-30-17-21(24(27)28)25(32-26)29-8-4-9-35-10-5-15-37-18-23(35)36/h6-7,16-17,24H,3-5,8-15,18H2,1-2H3,(H2,29,30,31,32). The van der Waals surface area contributed by atoms with Crippen LogP contribution in [0.1, 0.15) is 37.3 Å². The number of hydrogen-bond donors (Lipinski definition) is 2. The maximum Gasteiger partial charge on any atom is 0.268 e. The number of carbonyl (C=O) groups excluding carboxylic acids is 1. The lowest BCUT2D eigenvalue weighted by molar-refractivity contribution is -0.133. The van der Waals surface area contributed by atoms with Gasteiger partial charge < -0.3 is 30.1 Å². The van der Waals surface area contributed by atoms with Gasteiger partial charge in [0.2, 0.25) is 11.9 Å². The van der Waals surface area contributed by atoms with Gasteiger partial charge in [-0.25, -0.2) is 13.8 Å². The first kappa shape index (κ1) is 27.0. The minimum atomic E-state index is -2.70. The van der Waals surface area contributed by atoms with Gasteiger partial charge in [-0.1, -0.05) is 6.92 Å². The summed E-state index contributed by atoms with van der Waals surface area (Å²) >= 11 is 0. The average Bonchev–Trinajstić information content (AvgIpc) is 3.11. The van der Waals surface area contributed by atoms with Crippen molar-refractivity contribution in [2.24, 2.45) is 0 Å². The van der Waals surface area contributed by atoms with Crippen LogP contribution in [-0.4, -0.2) is 91.7 Å². The summed E-state index contributed by atoms with van der Waals surface area (Å²) in [5.74, 6) is 0.323. The van der Waals surface area contributed by atoms with Crippen molar-refractivity contribution in [1.29, 1.82) is 0 Å². The molecule has 3 heterocycles. The molecule has 0 aliphatic carbocycles. The highest BCUT2D eigenvalue weighted by atomic mass is 19.3. The predicted octanol–water partition coefficient (Wildman–Crippen LogP) is 3.52. The fourth-order valence-corrected chi connectivity index (χ4v) is 4.58. The van der Waals surface area contributed by atoms with E-state index in [-0.39, 0.29) is 29.8 Å². The van der Waals surface area contributed by atoms with Crippen LogP contribution in [-0.2, 0) is 16.0 Å². The van der Waals surface area contributed by atoms with E-state index in [2.05, 4.69) is 56.5 Å². The average molecular weight is 518 g/mol. The molecule has 2 saturated heterocycles. The van der Waals surface area contributed by atoms with Crippen LogP contribution in [0.15, 0.2) is 24.4 Å².